The van der Waals surface area contributed by atoms with Crippen LogP contribution in [0.25, 0.3) is 10.9 Å². The van der Waals surface area contributed by atoms with Crippen LogP contribution < -0.4 is 15.8 Å². The predicted molar refractivity (Wildman–Crippen MR) is 117 cm³/mol. The topological polar surface area (TPSA) is 105 Å². The number of aromatic nitrogens is 2. The number of hydrogen-bond donors (Lipinski definition) is 1. The maximum Gasteiger partial charge on any atom is 0.262 e. The van der Waals surface area contributed by atoms with Crippen molar-refractivity contribution in [2.24, 2.45) is 0 Å². The molecule has 1 unspecified atom stereocenters. The highest BCUT2D eigenvalue weighted by atomic mass is 16.2. The van der Waals surface area contributed by atoms with Gasteiger partial charge in [-0.2, -0.15) is 0 Å². The molecule has 1 N–H and O–H groups in total. The molecule has 164 valence electrons. The van der Waals surface area contributed by atoms with Gasteiger partial charge in [0.1, 0.15) is 30.1 Å². The summed E-state index contributed by atoms with van der Waals surface area (Å²) < 4.78 is 1.51. The first-order valence-electron chi connectivity index (χ1n) is 11.0. The van der Waals surface area contributed by atoms with Crippen LogP contribution in [0.5, 0.6) is 0 Å². The molecule has 0 aliphatic carbocycles. The highest BCUT2D eigenvalue weighted by molar-refractivity contribution is 6.04. The summed E-state index contributed by atoms with van der Waals surface area (Å²) in [5.74, 6) is 0.0559. The molecule has 5 aliphatic rings. The maximum atomic E-state index is 13.4. The zero-order valence-corrected chi connectivity index (χ0v) is 17.6. The van der Waals surface area contributed by atoms with Crippen LogP contribution in [-0.4, -0.2) is 44.9 Å². The molecular weight excluding hydrogens is 422 g/mol. The van der Waals surface area contributed by atoms with E-state index in [1.54, 1.807) is 34.9 Å². The van der Waals surface area contributed by atoms with Gasteiger partial charge in [-0.1, -0.05) is 30.3 Å². The van der Waals surface area contributed by atoms with Gasteiger partial charge in [0.25, 0.3) is 11.5 Å². The number of piperidine rings is 1. The van der Waals surface area contributed by atoms with E-state index in [9.17, 15) is 19.2 Å². The molecular formula is C24H19N5O4. The predicted octanol–water partition coefficient (Wildman–Crippen LogP) is 0.983. The van der Waals surface area contributed by atoms with E-state index in [1.807, 2.05) is 30.3 Å². The number of anilines is 1. The summed E-state index contributed by atoms with van der Waals surface area (Å²) in [6, 6.07) is 12.6. The minimum atomic E-state index is -0.821. The van der Waals surface area contributed by atoms with Crippen molar-refractivity contribution < 1.29 is 14.4 Å². The Morgan fingerprint density at radius 1 is 1.09 bits per heavy atom. The third-order valence-electron chi connectivity index (χ3n) is 7.86. The number of fused-ring (bicyclic) bond motifs is 5. The summed E-state index contributed by atoms with van der Waals surface area (Å²) in [6.07, 6.45) is 0.394. The Morgan fingerprint density at radius 2 is 1.85 bits per heavy atom. The van der Waals surface area contributed by atoms with Crippen LogP contribution in [0.3, 0.4) is 0 Å². The van der Waals surface area contributed by atoms with Gasteiger partial charge in [-0.05, 0) is 37.1 Å². The van der Waals surface area contributed by atoms with Crippen LogP contribution in [0.1, 0.15) is 36.8 Å². The fraction of sp³-hybridized carbons (Fsp3) is 0.292. The number of nitrogens with one attached hydrogen (secondary N) is 1. The fourth-order valence-corrected chi connectivity index (χ4v) is 6.50. The molecule has 9 heteroatoms. The van der Waals surface area contributed by atoms with E-state index < -0.39 is 29.7 Å². The average molecular weight is 441 g/mol. The molecule has 33 heavy (non-hydrogen) atoms. The first kappa shape index (κ1) is 18.6. The lowest BCUT2D eigenvalue weighted by Crippen LogP contribution is -2.66. The van der Waals surface area contributed by atoms with Gasteiger partial charge in [0.05, 0.1) is 16.3 Å². The van der Waals surface area contributed by atoms with E-state index in [-0.39, 0.29) is 17.4 Å². The summed E-state index contributed by atoms with van der Waals surface area (Å²) in [5, 5.41) is 3.54. The van der Waals surface area contributed by atoms with E-state index in [4.69, 9.17) is 4.98 Å². The summed E-state index contributed by atoms with van der Waals surface area (Å²) in [6.45, 7) is 1.72. The van der Waals surface area contributed by atoms with Crippen molar-refractivity contribution in [3.8, 4) is 0 Å². The fourth-order valence-electron chi connectivity index (χ4n) is 6.50. The highest BCUT2D eigenvalue weighted by Gasteiger charge is 2.69. The number of nitrogens with zero attached hydrogens (tertiary/aromatic N) is 4. The number of hydrogen-bond acceptors (Lipinski definition) is 5. The van der Waals surface area contributed by atoms with Gasteiger partial charge in [0.2, 0.25) is 12.3 Å². The van der Waals surface area contributed by atoms with E-state index in [0.717, 1.165) is 11.3 Å². The Bertz CT molecular complexity index is 1480. The van der Waals surface area contributed by atoms with Gasteiger partial charge >= 0.3 is 0 Å². The Labute approximate surface area is 187 Å². The lowest BCUT2D eigenvalue weighted by atomic mass is 9.64. The van der Waals surface area contributed by atoms with Crippen LogP contribution in [-0.2, 0) is 19.8 Å². The molecule has 2 saturated heterocycles. The Hall–Kier alpha value is -4.01. The third-order valence-corrected chi connectivity index (χ3v) is 7.86. The van der Waals surface area contributed by atoms with E-state index in [1.165, 1.54) is 4.57 Å². The van der Waals surface area contributed by atoms with Crippen molar-refractivity contribution in [1.82, 2.24) is 19.8 Å². The Morgan fingerprint density at radius 3 is 2.67 bits per heavy atom. The number of amides is 3. The van der Waals surface area contributed by atoms with Crippen molar-refractivity contribution in [3.05, 3.63) is 70.3 Å². The van der Waals surface area contributed by atoms with Crippen LogP contribution in [0.2, 0.25) is 0 Å². The molecule has 1 spiro atoms. The lowest BCUT2D eigenvalue weighted by molar-refractivity contribution is -0.135. The molecule has 2 bridgehead atoms. The number of rotatable bonds is 1. The summed E-state index contributed by atoms with van der Waals surface area (Å²) in [4.78, 5) is 60.0. The molecule has 2 aromatic carbocycles. The Balaban J connectivity index is 1.56. The number of carbonyl (C=O) groups excluding carboxylic acids is 3. The number of carbonyl (C=O) groups is 3. The van der Waals surface area contributed by atoms with Crippen molar-refractivity contribution in [2.75, 3.05) is 4.90 Å². The van der Waals surface area contributed by atoms with Crippen LogP contribution in [0.4, 0.5) is 5.69 Å². The smallest absolute Gasteiger partial charge is 0.262 e. The van der Waals surface area contributed by atoms with Crippen molar-refractivity contribution in [1.29, 1.82) is 0 Å². The van der Waals surface area contributed by atoms with Crippen molar-refractivity contribution in [2.45, 2.75) is 43.1 Å². The van der Waals surface area contributed by atoms with Crippen molar-refractivity contribution >= 4 is 34.8 Å². The zero-order chi connectivity index (χ0) is 22.6. The number of para-hydroxylation sites is 2. The second-order valence-corrected chi connectivity index (χ2v) is 9.19. The van der Waals surface area contributed by atoms with Crippen LogP contribution >= 0.6 is 0 Å². The minimum absolute atomic E-state index is 0.159. The van der Waals surface area contributed by atoms with Gasteiger partial charge in [-0.25, -0.2) is 4.98 Å². The van der Waals surface area contributed by atoms with E-state index >= 15 is 0 Å². The molecule has 9 nitrogen and oxygen atoms in total. The van der Waals surface area contributed by atoms with Crippen LogP contribution in [0.15, 0.2) is 53.3 Å². The monoisotopic (exact) mass is 441 g/mol. The quantitative estimate of drug-likeness (QED) is 0.567. The van der Waals surface area contributed by atoms with Gasteiger partial charge < -0.3 is 10.2 Å². The van der Waals surface area contributed by atoms with Gasteiger partial charge in [-0.15, -0.1) is 0 Å². The molecule has 3 aromatic rings. The lowest BCUT2D eigenvalue weighted by Gasteiger charge is -2.53. The second kappa shape index (κ2) is 5.86. The molecule has 0 saturated carbocycles. The van der Waals surface area contributed by atoms with E-state index in [2.05, 4.69) is 5.32 Å². The molecule has 0 radical (unpaired) electrons. The largest absolute Gasteiger partial charge is 0.343 e. The Kier molecular flexibility index (Phi) is 3.29. The van der Waals surface area contributed by atoms with Gasteiger partial charge in [0, 0.05) is 5.69 Å². The molecule has 8 rings (SSSR count). The summed E-state index contributed by atoms with van der Waals surface area (Å²) in [7, 11) is 0. The molecule has 5 atom stereocenters. The highest BCUT2D eigenvalue weighted by Crippen LogP contribution is 2.61. The minimum Gasteiger partial charge on any atom is -0.343 e. The van der Waals surface area contributed by atoms with Crippen molar-refractivity contribution in [3.63, 3.8) is 0 Å². The maximum absolute atomic E-state index is 13.4. The zero-order valence-electron chi connectivity index (χ0n) is 17.6. The normalized spacial score (nSPS) is 31.1. The van der Waals surface area contributed by atoms with Crippen LogP contribution in [0, 0.1) is 0 Å². The van der Waals surface area contributed by atoms with Gasteiger partial charge in [0.15, 0.2) is 0 Å². The molecule has 2 fully saturated rings. The van der Waals surface area contributed by atoms with E-state index in [0.29, 0.717) is 29.6 Å². The third kappa shape index (κ3) is 1.93. The summed E-state index contributed by atoms with van der Waals surface area (Å²) in [5.41, 5.74) is 1.10. The van der Waals surface area contributed by atoms with Gasteiger partial charge in [-0.3, -0.25) is 28.6 Å². The molecule has 5 aliphatic heterocycles. The first-order valence-corrected chi connectivity index (χ1v) is 11.0. The SMILES string of the molecule is C[C@H]1C(=O)N2c3ccccc3C3(C[C@H]4C(=O)N[C@@H]3c3nc5ccccc5c(=O)n34)[C@H]2N1C=O. The molecule has 3 amide bonds. The second-order valence-electron chi connectivity index (χ2n) is 9.19. The summed E-state index contributed by atoms with van der Waals surface area (Å²) >= 11 is 0. The molecule has 6 heterocycles. The average Bonchev–Trinajstić information content (AvgIpc) is 3.25. The standard InChI is InChI=1S/C24H19N5O4/c1-12-21(32)29-16-9-5-3-7-14(16)24(23(29)27(12)11-30)10-17-20(31)26-18(24)19-25-15-8-4-2-6-13(15)22(33)28(17)19/h2-9,11-12,17-18,23H,10H2,1H3,(H,26,31)/t12-,17-,18+,23-,24?/m0/s1. The molecule has 1 aromatic heterocycles. The number of benzene rings is 2. The first-order chi connectivity index (χ1) is 16.0.